The molecule has 8 nitrogen and oxygen atoms in total. The Morgan fingerprint density at radius 1 is 1.16 bits per heavy atom. The van der Waals surface area contributed by atoms with Crippen LogP contribution in [0.4, 0.5) is 5.82 Å². The van der Waals surface area contributed by atoms with E-state index in [1.807, 2.05) is 48.0 Å². The van der Waals surface area contributed by atoms with Crippen molar-refractivity contribution in [1.29, 1.82) is 0 Å². The number of carbonyl (C=O) groups is 1. The number of hydrogen-bond donors (Lipinski definition) is 1. The summed E-state index contributed by atoms with van der Waals surface area (Å²) in [6.07, 6.45) is 3.28. The molecule has 0 aliphatic carbocycles. The highest BCUT2D eigenvalue weighted by Gasteiger charge is 2.15. The number of nitrogens with zero attached hydrogens (tertiary/aromatic N) is 6. The van der Waals surface area contributed by atoms with E-state index in [1.165, 1.54) is 4.52 Å². The second-order valence-corrected chi connectivity index (χ2v) is 5.57. The molecule has 124 valence electrons. The summed E-state index contributed by atoms with van der Waals surface area (Å²) < 4.78 is 3.29. The SMILES string of the molecule is Cc1cc(NC(=O)c2nc3ncccn3n2)nn1Cc1ccccc1. The van der Waals surface area contributed by atoms with E-state index < -0.39 is 5.91 Å². The van der Waals surface area contributed by atoms with Crippen molar-refractivity contribution < 1.29 is 4.79 Å². The van der Waals surface area contributed by atoms with Crippen molar-refractivity contribution in [3.63, 3.8) is 0 Å². The number of hydrogen-bond acceptors (Lipinski definition) is 5. The molecule has 3 aromatic heterocycles. The number of benzene rings is 1. The van der Waals surface area contributed by atoms with Gasteiger partial charge in [-0.15, -0.1) is 5.10 Å². The maximum atomic E-state index is 12.3. The number of amides is 1. The van der Waals surface area contributed by atoms with E-state index in [9.17, 15) is 4.79 Å². The summed E-state index contributed by atoms with van der Waals surface area (Å²) in [6.45, 7) is 2.58. The van der Waals surface area contributed by atoms with Gasteiger partial charge in [0.05, 0.1) is 6.54 Å². The van der Waals surface area contributed by atoms with Crippen molar-refractivity contribution in [3.8, 4) is 0 Å². The predicted molar refractivity (Wildman–Crippen MR) is 91.2 cm³/mol. The zero-order valence-corrected chi connectivity index (χ0v) is 13.5. The first-order valence-electron chi connectivity index (χ1n) is 7.76. The monoisotopic (exact) mass is 333 g/mol. The van der Waals surface area contributed by atoms with Crippen LogP contribution in [0.5, 0.6) is 0 Å². The van der Waals surface area contributed by atoms with E-state index >= 15 is 0 Å². The molecule has 0 fully saturated rings. The summed E-state index contributed by atoms with van der Waals surface area (Å²) in [5.41, 5.74) is 2.09. The van der Waals surface area contributed by atoms with Gasteiger partial charge < -0.3 is 5.32 Å². The van der Waals surface area contributed by atoms with Crippen LogP contribution in [0.15, 0.2) is 54.9 Å². The molecule has 0 radical (unpaired) electrons. The molecule has 25 heavy (non-hydrogen) atoms. The van der Waals surface area contributed by atoms with Crippen LogP contribution in [-0.4, -0.2) is 35.3 Å². The molecular formula is C17H15N7O. The highest BCUT2D eigenvalue weighted by molar-refractivity contribution is 6.01. The second kappa shape index (κ2) is 6.16. The van der Waals surface area contributed by atoms with Crippen LogP contribution in [0.1, 0.15) is 21.9 Å². The molecule has 1 amide bonds. The van der Waals surface area contributed by atoms with Crippen molar-refractivity contribution in [2.24, 2.45) is 0 Å². The minimum Gasteiger partial charge on any atom is -0.302 e. The molecular weight excluding hydrogens is 318 g/mol. The van der Waals surface area contributed by atoms with Gasteiger partial charge in [0.25, 0.3) is 11.7 Å². The van der Waals surface area contributed by atoms with Crippen LogP contribution in [-0.2, 0) is 6.54 Å². The first-order valence-corrected chi connectivity index (χ1v) is 7.76. The third-order valence-electron chi connectivity index (χ3n) is 3.72. The molecule has 1 aromatic carbocycles. The average Bonchev–Trinajstić information content (AvgIpc) is 3.19. The standard InChI is InChI=1S/C17H15N7O/c1-12-10-14(21-24(12)11-13-6-3-2-4-7-13)19-16(25)15-20-17-18-8-5-9-23(17)22-15/h2-10H,11H2,1H3,(H,19,21,25). The zero-order chi connectivity index (χ0) is 17.2. The lowest BCUT2D eigenvalue weighted by Crippen LogP contribution is -2.14. The average molecular weight is 333 g/mol. The molecule has 8 heteroatoms. The molecule has 0 aliphatic heterocycles. The Morgan fingerprint density at radius 3 is 2.80 bits per heavy atom. The lowest BCUT2D eigenvalue weighted by Gasteiger charge is -2.03. The van der Waals surface area contributed by atoms with E-state index in [0.29, 0.717) is 18.1 Å². The smallest absolute Gasteiger partial charge is 0.296 e. The zero-order valence-electron chi connectivity index (χ0n) is 13.5. The van der Waals surface area contributed by atoms with Crippen LogP contribution in [0, 0.1) is 6.92 Å². The Bertz CT molecular complexity index is 1000. The van der Waals surface area contributed by atoms with Gasteiger partial charge in [-0.25, -0.2) is 9.50 Å². The highest BCUT2D eigenvalue weighted by atomic mass is 16.2. The number of fused-ring (bicyclic) bond motifs is 1. The summed E-state index contributed by atoms with van der Waals surface area (Å²) in [6, 6.07) is 13.6. The van der Waals surface area contributed by atoms with Gasteiger partial charge in [-0.1, -0.05) is 30.3 Å². The van der Waals surface area contributed by atoms with Crippen LogP contribution >= 0.6 is 0 Å². The highest BCUT2D eigenvalue weighted by Crippen LogP contribution is 2.12. The minimum absolute atomic E-state index is 0.0500. The number of anilines is 1. The van der Waals surface area contributed by atoms with Crippen LogP contribution < -0.4 is 5.32 Å². The fourth-order valence-corrected chi connectivity index (χ4v) is 2.49. The Labute approximate surface area is 143 Å². The fourth-order valence-electron chi connectivity index (χ4n) is 2.49. The minimum atomic E-state index is -0.421. The molecule has 0 spiro atoms. The lowest BCUT2D eigenvalue weighted by atomic mass is 10.2. The quantitative estimate of drug-likeness (QED) is 0.616. The summed E-state index contributed by atoms with van der Waals surface area (Å²) in [5, 5.41) is 11.3. The molecule has 0 bridgehead atoms. The Balaban J connectivity index is 1.52. The summed E-state index contributed by atoms with van der Waals surface area (Å²) in [5.74, 6) is 0.465. The molecule has 0 aliphatic rings. The maximum absolute atomic E-state index is 12.3. The van der Waals surface area contributed by atoms with Crippen molar-refractivity contribution in [3.05, 3.63) is 71.9 Å². The fraction of sp³-hybridized carbons (Fsp3) is 0.118. The van der Waals surface area contributed by atoms with Gasteiger partial charge in [0, 0.05) is 24.2 Å². The summed E-state index contributed by atoms with van der Waals surface area (Å²) in [7, 11) is 0. The number of nitrogens with one attached hydrogen (secondary N) is 1. The third kappa shape index (κ3) is 3.09. The Morgan fingerprint density at radius 2 is 2.00 bits per heavy atom. The maximum Gasteiger partial charge on any atom is 0.296 e. The van der Waals surface area contributed by atoms with E-state index in [4.69, 9.17) is 0 Å². The topological polar surface area (TPSA) is 90.0 Å². The molecule has 0 saturated heterocycles. The van der Waals surface area contributed by atoms with Gasteiger partial charge in [0.2, 0.25) is 5.82 Å². The number of aromatic nitrogens is 6. The summed E-state index contributed by atoms with van der Waals surface area (Å²) in [4.78, 5) is 20.5. The van der Waals surface area contributed by atoms with Gasteiger partial charge >= 0.3 is 0 Å². The van der Waals surface area contributed by atoms with Crippen LogP contribution in [0.2, 0.25) is 0 Å². The third-order valence-corrected chi connectivity index (χ3v) is 3.72. The molecule has 0 saturated carbocycles. The van der Waals surface area contributed by atoms with Gasteiger partial charge in [0.15, 0.2) is 5.82 Å². The van der Waals surface area contributed by atoms with E-state index in [2.05, 4.69) is 25.5 Å². The van der Waals surface area contributed by atoms with Crippen molar-refractivity contribution in [1.82, 2.24) is 29.4 Å². The molecule has 4 aromatic rings. The molecule has 3 heterocycles. The summed E-state index contributed by atoms with van der Waals surface area (Å²) >= 11 is 0. The van der Waals surface area contributed by atoms with Crippen molar-refractivity contribution in [2.75, 3.05) is 5.32 Å². The van der Waals surface area contributed by atoms with Gasteiger partial charge in [-0.3, -0.25) is 9.48 Å². The van der Waals surface area contributed by atoms with Crippen LogP contribution in [0.25, 0.3) is 5.78 Å². The number of aryl methyl sites for hydroxylation is 1. The van der Waals surface area contributed by atoms with E-state index in [-0.39, 0.29) is 5.82 Å². The molecule has 0 unspecified atom stereocenters. The van der Waals surface area contributed by atoms with Gasteiger partial charge in [0.1, 0.15) is 0 Å². The van der Waals surface area contributed by atoms with E-state index in [1.54, 1.807) is 18.5 Å². The van der Waals surface area contributed by atoms with Crippen molar-refractivity contribution >= 4 is 17.5 Å². The molecule has 0 atom stereocenters. The van der Waals surface area contributed by atoms with Crippen LogP contribution in [0.3, 0.4) is 0 Å². The van der Waals surface area contributed by atoms with Gasteiger partial charge in [-0.05, 0) is 18.6 Å². The Hall–Kier alpha value is -3.55. The Kier molecular flexibility index (Phi) is 3.70. The predicted octanol–water partition coefficient (Wildman–Crippen LogP) is 1.93. The normalized spacial score (nSPS) is 10.9. The first-order chi connectivity index (χ1) is 12.2. The van der Waals surface area contributed by atoms with Crippen molar-refractivity contribution in [2.45, 2.75) is 13.5 Å². The first kappa shape index (κ1) is 15.0. The van der Waals surface area contributed by atoms with E-state index in [0.717, 1.165) is 11.3 Å². The lowest BCUT2D eigenvalue weighted by molar-refractivity contribution is 0.101. The number of carbonyl (C=O) groups excluding carboxylic acids is 1. The molecule has 4 rings (SSSR count). The van der Waals surface area contributed by atoms with Gasteiger partial charge in [-0.2, -0.15) is 10.1 Å². The largest absolute Gasteiger partial charge is 0.302 e. The second-order valence-electron chi connectivity index (χ2n) is 5.57. The number of rotatable bonds is 4. The molecule has 1 N–H and O–H groups in total.